The SMILES string of the molecule is O=CNC(F)(F)C(F)(F)C(F)(F)F. The van der Waals surface area contributed by atoms with Crippen LogP contribution in [0.15, 0.2) is 0 Å². The quantitative estimate of drug-likeness (QED) is 0.429. The summed E-state index contributed by atoms with van der Waals surface area (Å²) < 4.78 is 81.2. The average Bonchev–Trinajstić information content (AvgIpc) is 1.84. The van der Waals surface area contributed by atoms with Crippen LogP contribution in [0, 0.1) is 0 Å². The molecule has 78 valence electrons. The zero-order valence-electron chi connectivity index (χ0n) is 5.63. The lowest BCUT2D eigenvalue weighted by Gasteiger charge is -2.26. The van der Waals surface area contributed by atoms with Crippen molar-refractivity contribution in [2.45, 2.75) is 18.1 Å². The lowest BCUT2D eigenvalue weighted by atomic mass is 10.3. The van der Waals surface area contributed by atoms with Crippen LogP contribution in [0.1, 0.15) is 0 Å². The van der Waals surface area contributed by atoms with Gasteiger partial charge in [-0.15, -0.1) is 0 Å². The van der Waals surface area contributed by atoms with E-state index in [0.29, 0.717) is 0 Å². The second kappa shape index (κ2) is 3.04. The third kappa shape index (κ3) is 2.01. The van der Waals surface area contributed by atoms with E-state index in [4.69, 9.17) is 0 Å². The van der Waals surface area contributed by atoms with Crippen LogP contribution in [-0.2, 0) is 4.79 Å². The fourth-order valence-electron chi connectivity index (χ4n) is 0.343. The number of amides is 1. The minimum absolute atomic E-state index is 0.0848. The summed E-state index contributed by atoms with van der Waals surface area (Å²) in [5, 5.41) is 0.0848. The third-order valence-electron chi connectivity index (χ3n) is 0.991. The molecule has 1 N–H and O–H groups in total. The first-order valence-corrected chi connectivity index (χ1v) is 2.60. The molecule has 0 aromatic rings. The molecule has 2 nitrogen and oxygen atoms in total. The first kappa shape index (κ1) is 12.0. The van der Waals surface area contributed by atoms with Crippen molar-refractivity contribution >= 4 is 6.41 Å². The number of alkyl halides is 7. The minimum Gasteiger partial charge on any atom is -0.295 e. The van der Waals surface area contributed by atoms with Crippen molar-refractivity contribution in [1.82, 2.24) is 5.32 Å². The molecule has 1 amide bonds. The maximum atomic E-state index is 11.9. The Labute approximate surface area is 66.7 Å². The van der Waals surface area contributed by atoms with Gasteiger partial charge in [-0.1, -0.05) is 0 Å². The van der Waals surface area contributed by atoms with Gasteiger partial charge in [-0.05, 0) is 0 Å². The summed E-state index contributed by atoms with van der Waals surface area (Å²) in [6.07, 6.45) is -7.37. The van der Waals surface area contributed by atoms with Gasteiger partial charge >= 0.3 is 18.1 Å². The highest BCUT2D eigenvalue weighted by molar-refractivity contribution is 5.47. The molecule has 13 heavy (non-hydrogen) atoms. The molecule has 0 saturated heterocycles. The van der Waals surface area contributed by atoms with Gasteiger partial charge in [-0.3, -0.25) is 10.1 Å². The summed E-state index contributed by atoms with van der Waals surface area (Å²) in [7, 11) is 0. The standard InChI is InChI=1S/C4H2F7NO/c5-2(6,3(7,8)9)4(10,11)12-1-13/h1H,(H,12,13). The predicted octanol–water partition coefficient (Wildman–Crippen LogP) is 1.52. The summed E-state index contributed by atoms with van der Waals surface area (Å²) in [6.45, 7) is 0. The largest absolute Gasteiger partial charge is 0.462 e. The van der Waals surface area contributed by atoms with Crippen LogP contribution in [0.25, 0.3) is 0 Å². The number of rotatable bonds is 3. The molecular weight excluding hydrogens is 211 g/mol. The van der Waals surface area contributed by atoms with Crippen LogP contribution in [0.3, 0.4) is 0 Å². The second-order valence-corrected chi connectivity index (χ2v) is 1.91. The summed E-state index contributed by atoms with van der Waals surface area (Å²) in [5.41, 5.74) is 0. The molecule has 0 rings (SSSR count). The Morgan fingerprint density at radius 3 is 1.54 bits per heavy atom. The molecule has 0 atom stereocenters. The number of carbonyl (C=O) groups is 1. The molecule has 0 aliphatic rings. The Morgan fingerprint density at radius 2 is 1.31 bits per heavy atom. The van der Waals surface area contributed by atoms with Crippen LogP contribution < -0.4 is 5.32 Å². The van der Waals surface area contributed by atoms with Gasteiger partial charge in [0.15, 0.2) is 0 Å². The molecule has 9 heteroatoms. The molecule has 0 aliphatic heterocycles. The normalized spacial score (nSPS) is 14.1. The number of hydrogen-bond donors (Lipinski definition) is 1. The number of halogens is 7. The van der Waals surface area contributed by atoms with Gasteiger partial charge in [-0.25, -0.2) is 0 Å². The van der Waals surface area contributed by atoms with E-state index >= 15 is 0 Å². The topological polar surface area (TPSA) is 29.1 Å². The maximum Gasteiger partial charge on any atom is 0.462 e. The van der Waals surface area contributed by atoms with E-state index in [-0.39, 0.29) is 5.32 Å². The van der Waals surface area contributed by atoms with Crippen molar-refractivity contribution in [3.05, 3.63) is 0 Å². The third-order valence-corrected chi connectivity index (χ3v) is 0.991. The van der Waals surface area contributed by atoms with E-state index in [1.807, 2.05) is 0 Å². The number of hydrogen-bond acceptors (Lipinski definition) is 1. The monoisotopic (exact) mass is 213 g/mol. The van der Waals surface area contributed by atoms with Crippen LogP contribution >= 0.6 is 0 Å². The fraction of sp³-hybridized carbons (Fsp3) is 0.750. The first-order chi connectivity index (χ1) is 5.56. The van der Waals surface area contributed by atoms with E-state index in [1.165, 1.54) is 0 Å². The zero-order chi connectivity index (χ0) is 10.9. The second-order valence-electron chi connectivity index (χ2n) is 1.91. The van der Waals surface area contributed by atoms with Crippen molar-refractivity contribution < 1.29 is 35.5 Å². The lowest BCUT2D eigenvalue weighted by Crippen LogP contribution is -2.59. The van der Waals surface area contributed by atoms with Crippen LogP contribution in [0.4, 0.5) is 30.7 Å². The van der Waals surface area contributed by atoms with Crippen molar-refractivity contribution in [2.75, 3.05) is 0 Å². The Hall–Kier alpha value is -1.02. The van der Waals surface area contributed by atoms with Gasteiger partial charge in [0.25, 0.3) is 0 Å². The summed E-state index contributed by atoms with van der Waals surface area (Å²) in [4.78, 5) is 9.30. The van der Waals surface area contributed by atoms with Crippen molar-refractivity contribution in [3.63, 3.8) is 0 Å². The fourth-order valence-corrected chi connectivity index (χ4v) is 0.343. The zero-order valence-corrected chi connectivity index (χ0v) is 5.63. The Kier molecular flexibility index (Phi) is 2.80. The van der Waals surface area contributed by atoms with Gasteiger partial charge < -0.3 is 0 Å². The highest BCUT2D eigenvalue weighted by Gasteiger charge is 2.73. The van der Waals surface area contributed by atoms with E-state index in [2.05, 4.69) is 0 Å². The molecular formula is C4H2F7NO. The molecule has 0 radical (unpaired) electrons. The number of nitrogens with one attached hydrogen (secondary N) is 1. The van der Waals surface area contributed by atoms with E-state index in [0.717, 1.165) is 0 Å². The van der Waals surface area contributed by atoms with Gasteiger partial charge in [0.05, 0.1) is 0 Å². The highest BCUT2D eigenvalue weighted by Crippen LogP contribution is 2.44. The van der Waals surface area contributed by atoms with Crippen molar-refractivity contribution in [1.29, 1.82) is 0 Å². The lowest BCUT2D eigenvalue weighted by molar-refractivity contribution is -0.359. The first-order valence-electron chi connectivity index (χ1n) is 2.60. The van der Waals surface area contributed by atoms with Crippen LogP contribution in [0.5, 0.6) is 0 Å². The Balaban J connectivity index is 4.91. The van der Waals surface area contributed by atoms with Gasteiger partial charge in [0.1, 0.15) is 0 Å². The molecule has 0 heterocycles. The molecule has 0 spiro atoms. The number of carbonyl (C=O) groups excluding carboxylic acids is 1. The molecule has 0 bridgehead atoms. The van der Waals surface area contributed by atoms with Crippen LogP contribution in [0.2, 0.25) is 0 Å². The van der Waals surface area contributed by atoms with Gasteiger partial charge in [0, 0.05) is 0 Å². The van der Waals surface area contributed by atoms with Gasteiger partial charge in [0.2, 0.25) is 6.41 Å². The summed E-state index contributed by atoms with van der Waals surface area (Å²) >= 11 is 0. The van der Waals surface area contributed by atoms with E-state index in [9.17, 15) is 35.5 Å². The molecule has 0 aromatic carbocycles. The predicted molar refractivity (Wildman–Crippen MR) is 25.1 cm³/mol. The summed E-state index contributed by atoms with van der Waals surface area (Å²) in [6, 6.07) is -5.65. The average molecular weight is 213 g/mol. The maximum absolute atomic E-state index is 11.9. The molecule has 0 aliphatic carbocycles. The van der Waals surface area contributed by atoms with E-state index < -0.39 is 24.6 Å². The minimum atomic E-state index is -6.42. The van der Waals surface area contributed by atoms with Crippen molar-refractivity contribution in [2.24, 2.45) is 0 Å². The van der Waals surface area contributed by atoms with Crippen molar-refractivity contribution in [3.8, 4) is 0 Å². The molecule has 0 unspecified atom stereocenters. The highest BCUT2D eigenvalue weighted by atomic mass is 19.4. The Morgan fingerprint density at radius 1 is 0.923 bits per heavy atom. The summed E-state index contributed by atoms with van der Waals surface area (Å²) in [5.74, 6) is -6.29. The molecule has 0 aromatic heterocycles. The van der Waals surface area contributed by atoms with E-state index in [1.54, 1.807) is 0 Å². The molecule has 0 fully saturated rings. The smallest absolute Gasteiger partial charge is 0.295 e. The Bertz CT molecular complexity index is 197. The molecule has 0 saturated carbocycles. The van der Waals surface area contributed by atoms with Crippen LogP contribution in [-0.4, -0.2) is 24.6 Å². The van der Waals surface area contributed by atoms with Gasteiger partial charge in [-0.2, -0.15) is 30.7 Å².